The van der Waals surface area contributed by atoms with E-state index in [-0.39, 0.29) is 6.61 Å². The van der Waals surface area contributed by atoms with Gasteiger partial charge in [-0.25, -0.2) is 0 Å². The molecule has 96 valence electrons. The highest BCUT2D eigenvalue weighted by Crippen LogP contribution is 2.50. The van der Waals surface area contributed by atoms with Gasteiger partial charge in [-0.3, -0.25) is 0 Å². The van der Waals surface area contributed by atoms with Crippen molar-refractivity contribution in [1.29, 1.82) is 0 Å². The van der Waals surface area contributed by atoms with Crippen LogP contribution in [-0.2, 0) is 4.74 Å². The number of hydrogen-bond donors (Lipinski definition) is 1. The first-order valence-electron chi connectivity index (χ1n) is 4.95. The van der Waals surface area contributed by atoms with Gasteiger partial charge in [0.2, 0.25) is 0 Å². The summed E-state index contributed by atoms with van der Waals surface area (Å²) in [6, 6.07) is 0. The molecule has 1 aliphatic heterocycles. The molecule has 0 fully saturated rings. The van der Waals surface area contributed by atoms with Crippen LogP contribution in [0.25, 0.3) is 0 Å². The molecule has 1 aliphatic rings. The van der Waals surface area contributed by atoms with Gasteiger partial charge in [0, 0.05) is 7.11 Å². The largest absolute Gasteiger partial charge is 0.487 e. The van der Waals surface area contributed by atoms with E-state index in [4.69, 9.17) is 14.2 Å². The summed E-state index contributed by atoms with van der Waals surface area (Å²) in [6.45, 7) is 1.09. The quantitative estimate of drug-likeness (QED) is 0.866. The van der Waals surface area contributed by atoms with E-state index < -0.39 is 5.41 Å². The van der Waals surface area contributed by atoms with E-state index in [9.17, 15) is 5.11 Å². The van der Waals surface area contributed by atoms with Crippen LogP contribution in [0.5, 0.6) is 11.5 Å². The molecule has 17 heavy (non-hydrogen) atoms. The summed E-state index contributed by atoms with van der Waals surface area (Å²) in [5, 5.41) is 9.49. The zero-order chi connectivity index (χ0) is 12.5. The van der Waals surface area contributed by atoms with E-state index in [0.717, 1.165) is 7.57 Å². The monoisotopic (exact) mass is 386 g/mol. The smallest absolute Gasteiger partial charge is 0.187 e. The highest BCUT2D eigenvalue weighted by Gasteiger charge is 2.36. The Morgan fingerprint density at radius 2 is 1.82 bits per heavy atom. The molecule has 1 aromatic rings. The minimum atomic E-state index is -0.510. The van der Waals surface area contributed by atoms with Crippen molar-refractivity contribution in [3.05, 3.63) is 7.57 Å². The number of halogens is 2. The lowest BCUT2D eigenvalue weighted by Gasteiger charge is -2.27. The summed E-state index contributed by atoms with van der Waals surface area (Å²) in [7, 11) is 1.60. The predicted octanol–water partition coefficient (Wildman–Crippen LogP) is 2.67. The van der Waals surface area contributed by atoms with Crippen LogP contribution in [0.2, 0.25) is 0 Å². The van der Waals surface area contributed by atoms with Crippen molar-refractivity contribution in [3.63, 3.8) is 0 Å². The number of aliphatic hydroxyl groups is 1. The van der Waals surface area contributed by atoms with E-state index in [1.54, 1.807) is 7.11 Å². The highest BCUT2D eigenvalue weighted by molar-refractivity contribution is 9.12. The lowest BCUT2D eigenvalue weighted by atomic mass is 9.92. The van der Waals surface area contributed by atoms with Crippen molar-refractivity contribution < 1.29 is 19.3 Å². The third-order valence-electron chi connectivity index (χ3n) is 2.57. The molecule has 0 aromatic carbocycles. The first-order chi connectivity index (χ1) is 8.12. The molecule has 0 aliphatic carbocycles. The number of fused-ring (bicyclic) bond motifs is 1. The maximum atomic E-state index is 9.49. The fourth-order valence-corrected chi connectivity index (χ4v) is 4.47. The average Bonchev–Trinajstić information content (AvgIpc) is 2.50. The van der Waals surface area contributed by atoms with E-state index in [1.807, 2.05) is 0 Å². The zero-order valence-corrected chi connectivity index (χ0v) is 13.2. The normalized spacial score (nSPS) is 17.9. The molecule has 2 rings (SSSR count). The Morgan fingerprint density at radius 3 is 2.24 bits per heavy atom. The minimum Gasteiger partial charge on any atom is -0.487 e. The highest BCUT2D eigenvalue weighted by atomic mass is 79.9. The van der Waals surface area contributed by atoms with Gasteiger partial charge in [0.05, 0.1) is 18.6 Å². The SMILES string of the molecule is COCC1(CO)COc2c(Br)sc(Br)c2OC1. The van der Waals surface area contributed by atoms with Gasteiger partial charge in [0.15, 0.2) is 11.5 Å². The van der Waals surface area contributed by atoms with Crippen LogP contribution in [0.1, 0.15) is 0 Å². The van der Waals surface area contributed by atoms with Crippen LogP contribution >= 0.6 is 43.2 Å². The van der Waals surface area contributed by atoms with Gasteiger partial charge in [-0.1, -0.05) is 0 Å². The van der Waals surface area contributed by atoms with Crippen molar-refractivity contribution in [1.82, 2.24) is 0 Å². The van der Waals surface area contributed by atoms with Crippen LogP contribution < -0.4 is 9.47 Å². The molecule has 0 atom stereocenters. The topological polar surface area (TPSA) is 47.9 Å². The van der Waals surface area contributed by atoms with Gasteiger partial charge in [-0.05, 0) is 31.9 Å². The lowest BCUT2D eigenvalue weighted by molar-refractivity contribution is -0.0229. The molecule has 0 saturated carbocycles. The van der Waals surface area contributed by atoms with Gasteiger partial charge >= 0.3 is 0 Å². The van der Waals surface area contributed by atoms with Crippen LogP contribution in [0.15, 0.2) is 7.57 Å². The van der Waals surface area contributed by atoms with Crippen molar-refractivity contribution in [2.24, 2.45) is 5.41 Å². The third-order valence-corrected chi connectivity index (χ3v) is 4.99. The summed E-state index contributed by atoms with van der Waals surface area (Å²) >= 11 is 8.36. The van der Waals surface area contributed by atoms with Gasteiger partial charge in [-0.2, -0.15) is 0 Å². The standard InChI is InChI=1S/C10H12Br2O4S/c1-14-3-10(2-13)4-15-6-7(16-5-10)9(12)17-8(6)11/h13H,2-5H2,1H3. The third kappa shape index (κ3) is 2.63. The van der Waals surface area contributed by atoms with Crippen LogP contribution in [0, 0.1) is 5.41 Å². The second-order valence-corrected chi connectivity index (χ2v) is 7.63. The molecule has 1 aromatic heterocycles. The summed E-state index contributed by atoms with van der Waals surface area (Å²) < 4.78 is 18.3. The Kier molecular flexibility index (Phi) is 4.35. The van der Waals surface area contributed by atoms with Gasteiger partial charge in [0.25, 0.3) is 0 Å². The second-order valence-electron chi connectivity index (χ2n) is 3.98. The minimum absolute atomic E-state index is 0.0379. The molecule has 0 spiro atoms. The second kappa shape index (κ2) is 5.44. The number of ether oxygens (including phenoxy) is 3. The molecule has 0 saturated heterocycles. The Bertz CT molecular complexity index is 379. The summed E-state index contributed by atoms with van der Waals surface area (Å²) in [5.74, 6) is 1.38. The molecule has 2 heterocycles. The number of thiophene rings is 1. The first kappa shape index (κ1) is 13.6. The van der Waals surface area contributed by atoms with Crippen molar-refractivity contribution in [2.75, 3.05) is 33.5 Å². The zero-order valence-electron chi connectivity index (χ0n) is 9.16. The van der Waals surface area contributed by atoms with Crippen molar-refractivity contribution >= 4 is 43.2 Å². The van der Waals surface area contributed by atoms with Crippen LogP contribution in [0.3, 0.4) is 0 Å². The Morgan fingerprint density at radius 1 is 1.29 bits per heavy atom. The van der Waals surface area contributed by atoms with E-state index in [1.165, 1.54) is 11.3 Å². The average molecular weight is 388 g/mol. The predicted molar refractivity (Wildman–Crippen MR) is 72.1 cm³/mol. The summed E-state index contributed by atoms with van der Waals surface area (Å²) in [6.07, 6.45) is 0. The van der Waals surface area contributed by atoms with Gasteiger partial charge in [-0.15, -0.1) is 11.3 Å². The van der Waals surface area contributed by atoms with Gasteiger partial charge in [0.1, 0.15) is 20.8 Å². The van der Waals surface area contributed by atoms with Crippen LogP contribution in [0.4, 0.5) is 0 Å². The molecule has 0 unspecified atom stereocenters. The van der Waals surface area contributed by atoms with E-state index >= 15 is 0 Å². The fraction of sp³-hybridized carbons (Fsp3) is 0.600. The molecule has 4 nitrogen and oxygen atoms in total. The van der Waals surface area contributed by atoms with E-state index in [0.29, 0.717) is 31.3 Å². The summed E-state index contributed by atoms with van der Waals surface area (Å²) in [5.41, 5.74) is -0.510. The molecular weight excluding hydrogens is 376 g/mol. The molecule has 0 bridgehead atoms. The Balaban J connectivity index is 2.24. The molecule has 1 N–H and O–H groups in total. The Labute approximate surface area is 120 Å². The Hall–Kier alpha value is 0.180. The molecule has 7 heteroatoms. The van der Waals surface area contributed by atoms with E-state index in [2.05, 4.69) is 31.9 Å². The number of methoxy groups -OCH3 is 1. The summed E-state index contributed by atoms with van der Waals surface area (Å²) in [4.78, 5) is 0. The fourth-order valence-electron chi connectivity index (χ4n) is 1.61. The molecule has 0 amide bonds. The number of aliphatic hydroxyl groups excluding tert-OH is 1. The van der Waals surface area contributed by atoms with Gasteiger partial charge < -0.3 is 19.3 Å². The lowest BCUT2D eigenvalue weighted by Crippen LogP contribution is -2.41. The van der Waals surface area contributed by atoms with Crippen LogP contribution in [-0.4, -0.2) is 38.6 Å². The molecule has 0 radical (unpaired) electrons. The maximum absolute atomic E-state index is 9.49. The number of rotatable bonds is 3. The number of hydrogen-bond acceptors (Lipinski definition) is 5. The maximum Gasteiger partial charge on any atom is 0.187 e. The first-order valence-corrected chi connectivity index (χ1v) is 7.35. The van der Waals surface area contributed by atoms with Crippen molar-refractivity contribution in [3.8, 4) is 11.5 Å². The van der Waals surface area contributed by atoms with Crippen molar-refractivity contribution in [2.45, 2.75) is 0 Å². The molecular formula is C10H12Br2O4S.